The Kier molecular flexibility index (Phi) is 6.81. The second-order valence-corrected chi connectivity index (χ2v) is 7.59. The SMILES string of the molecule is CCc1ccc(NC(=O)Nc2ccc(Nc3cc(N4CCOCC4)nc(C)n3)cc2)cc1. The van der Waals surface area contributed by atoms with Crippen LogP contribution in [0.15, 0.2) is 54.6 Å². The summed E-state index contributed by atoms with van der Waals surface area (Å²) in [5, 5.41) is 9.01. The average molecular weight is 433 g/mol. The molecule has 0 bridgehead atoms. The number of ether oxygens (including phenoxy) is 1. The molecule has 3 aromatic rings. The minimum atomic E-state index is -0.281. The van der Waals surface area contributed by atoms with Gasteiger partial charge in [0.05, 0.1) is 13.2 Å². The summed E-state index contributed by atoms with van der Waals surface area (Å²) in [6.07, 6.45) is 0.968. The van der Waals surface area contributed by atoms with Crippen LogP contribution < -0.4 is 20.9 Å². The van der Waals surface area contributed by atoms with E-state index in [9.17, 15) is 4.79 Å². The van der Waals surface area contributed by atoms with Crippen molar-refractivity contribution in [3.8, 4) is 0 Å². The molecule has 1 aromatic heterocycles. The summed E-state index contributed by atoms with van der Waals surface area (Å²) in [6, 6.07) is 17.0. The first kappa shape index (κ1) is 21.6. The number of aromatic nitrogens is 2. The first-order chi connectivity index (χ1) is 15.6. The van der Waals surface area contributed by atoms with E-state index >= 15 is 0 Å². The second-order valence-electron chi connectivity index (χ2n) is 7.59. The number of nitrogens with zero attached hydrogens (tertiary/aromatic N) is 3. The Labute approximate surface area is 188 Å². The zero-order valence-electron chi connectivity index (χ0n) is 18.4. The highest BCUT2D eigenvalue weighted by Gasteiger charge is 2.14. The Morgan fingerprint density at radius 2 is 1.53 bits per heavy atom. The largest absolute Gasteiger partial charge is 0.378 e. The summed E-state index contributed by atoms with van der Waals surface area (Å²) in [5.74, 6) is 2.33. The van der Waals surface area contributed by atoms with E-state index in [1.165, 1.54) is 5.56 Å². The van der Waals surface area contributed by atoms with Crippen molar-refractivity contribution in [3.63, 3.8) is 0 Å². The molecule has 3 N–H and O–H groups in total. The summed E-state index contributed by atoms with van der Waals surface area (Å²) >= 11 is 0. The third kappa shape index (κ3) is 5.73. The lowest BCUT2D eigenvalue weighted by Crippen LogP contribution is -2.36. The minimum absolute atomic E-state index is 0.281. The Balaban J connectivity index is 1.36. The van der Waals surface area contributed by atoms with Crippen molar-refractivity contribution in [1.29, 1.82) is 0 Å². The van der Waals surface area contributed by atoms with Gasteiger partial charge >= 0.3 is 6.03 Å². The summed E-state index contributed by atoms with van der Waals surface area (Å²) in [7, 11) is 0. The maximum atomic E-state index is 12.3. The van der Waals surface area contributed by atoms with Gasteiger partial charge in [0.2, 0.25) is 0 Å². The number of anilines is 5. The monoisotopic (exact) mass is 432 g/mol. The number of morpholine rings is 1. The van der Waals surface area contributed by atoms with E-state index in [4.69, 9.17) is 4.74 Å². The van der Waals surface area contributed by atoms with Gasteiger partial charge in [0.1, 0.15) is 17.5 Å². The second kappa shape index (κ2) is 10.1. The Morgan fingerprint density at radius 3 is 2.16 bits per heavy atom. The number of amides is 2. The van der Waals surface area contributed by atoms with Crippen molar-refractivity contribution >= 4 is 34.7 Å². The number of rotatable bonds is 6. The highest BCUT2D eigenvalue weighted by molar-refractivity contribution is 5.99. The molecule has 2 amide bonds. The fourth-order valence-electron chi connectivity index (χ4n) is 3.47. The van der Waals surface area contributed by atoms with Gasteiger partial charge in [0.25, 0.3) is 0 Å². The summed E-state index contributed by atoms with van der Waals surface area (Å²) in [5.41, 5.74) is 3.56. The molecule has 166 valence electrons. The van der Waals surface area contributed by atoms with Gasteiger partial charge in [-0.05, 0) is 55.3 Å². The van der Waals surface area contributed by atoms with Gasteiger partial charge in [-0.15, -0.1) is 0 Å². The zero-order valence-corrected chi connectivity index (χ0v) is 18.4. The highest BCUT2D eigenvalue weighted by Crippen LogP contribution is 2.22. The number of carbonyl (C=O) groups excluding carboxylic acids is 1. The van der Waals surface area contributed by atoms with Crippen LogP contribution in [-0.2, 0) is 11.2 Å². The molecule has 0 radical (unpaired) electrons. The van der Waals surface area contributed by atoms with Crippen molar-refractivity contribution in [2.75, 3.05) is 47.2 Å². The molecule has 0 spiro atoms. The van der Waals surface area contributed by atoms with Crippen molar-refractivity contribution in [1.82, 2.24) is 9.97 Å². The molecule has 1 saturated heterocycles. The Bertz CT molecular complexity index is 1050. The number of aryl methyl sites for hydroxylation is 2. The highest BCUT2D eigenvalue weighted by atomic mass is 16.5. The molecule has 4 rings (SSSR count). The van der Waals surface area contributed by atoms with Crippen LogP contribution in [-0.4, -0.2) is 42.3 Å². The molecule has 0 aliphatic carbocycles. The summed E-state index contributed by atoms with van der Waals surface area (Å²) in [6.45, 7) is 7.04. The van der Waals surface area contributed by atoms with E-state index in [-0.39, 0.29) is 6.03 Å². The molecule has 8 heteroatoms. The van der Waals surface area contributed by atoms with Gasteiger partial charge in [-0.2, -0.15) is 0 Å². The lowest BCUT2D eigenvalue weighted by molar-refractivity contribution is 0.122. The number of benzene rings is 2. The van der Waals surface area contributed by atoms with Gasteiger partial charge in [0, 0.05) is 36.2 Å². The van der Waals surface area contributed by atoms with Gasteiger partial charge < -0.3 is 25.6 Å². The van der Waals surface area contributed by atoms with Crippen LogP contribution >= 0.6 is 0 Å². The molecule has 1 fully saturated rings. The normalized spacial score (nSPS) is 13.5. The first-order valence-electron chi connectivity index (χ1n) is 10.8. The van der Waals surface area contributed by atoms with Crippen LogP contribution in [0.4, 0.5) is 33.5 Å². The molecule has 0 atom stereocenters. The fourth-order valence-corrected chi connectivity index (χ4v) is 3.47. The number of hydrogen-bond donors (Lipinski definition) is 3. The number of carbonyl (C=O) groups is 1. The van der Waals surface area contributed by atoms with Crippen LogP contribution in [0.5, 0.6) is 0 Å². The van der Waals surface area contributed by atoms with Crippen LogP contribution in [0.3, 0.4) is 0 Å². The quantitative estimate of drug-likeness (QED) is 0.528. The van der Waals surface area contributed by atoms with Gasteiger partial charge in [-0.25, -0.2) is 14.8 Å². The van der Waals surface area contributed by atoms with E-state index in [1.807, 2.05) is 61.5 Å². The van der Waals surface area contributed by atoms with Gasteiger partial charge in [0.15, 0.2) is 0 Å². The lowest BCUT2D eigenvalue weighted by Gasteiger charge is -2.28. The number of urea groups is 1. The third-order valence-corrected chi connectivity index (χ3v) is 5.19. The molecular weight excluding hydrogens is 404 g/mol. The Morgan fingerprint density at radius 1 is 0.938 bits per heavy atom. The smallest absolute Gasteiger partial charge is 0.323 e. The topological polar surface area (TPSA) is 91.4 Å². The van der Waals surface area contributed by atoms with E-state index < -0.39 is 0 Å². The maximum Gasteiger partial charge on any atom is 0.323 e. The molecule has 0 saturated carbocycles. The van der Waals surface area contributed by atoms with Crippen LogP contribution in [0.25, 0.3) is 0 Å². The molecule has 32 heavy (non-hydrogen) atoms. The predicted molar refractivity (Wildman–Crippen MR) is 128 cm³/mol. The van der Waals surface area contributed by atoms with E-state index in [0.29, 0.717) is 24.7 Å². The van der Waals surface area contributed by atoms with Crippen molar-refractivity contribution < 1.29 is 9.53 Å². The fraction of sp³-hybridized carbons (Fsp3) is 0.292. The van der Waals surface area contributed by atoms with E-state index in [0.717, 1.165) is 42.5 Å². The lowest BCUT2D eigenvalue weighted by atomic mass is 10.1. The molecule has 1 aliphatic heterocycles. The molecule has 1 aliphatic rings. The molecule has 8 nitrogen and oxygen atoms in total. The van der Waals surface area contributed by atoms with Gasteiger partial charge in [-0.3, -0.25) is 0 Å². The van der Waals surface area contributed by atoms with Crippen LogP contribution in [0.2, 0.25) is 0 Å². The number of hydrogen-bond acceptors (Lipinski definition) is 6. The van der Waals surface area contributed by atoms with E-state index in [2.05, 4.69) is 37.7 Å². The predicted octanol–water partition coefficient (Wildman–Crippen LogP) is 4.57. The van der Waals surface area contributed by atoms with E-state index in [1.54, 1.807) is 0 Å². The van der Waals surface area contributed by atoms with Crippen molar-refractivity contribution in [2.45, 2.75) is 20.3 Å². The van der Waals surface area contributed by atoms with Crippen molar-refractivity contribution in [3.05, 3.63) is 66.0 Å². The van der Waals surface area contributed by atoms with Crippen LogP contribution in [0.1, 0.15) is 18.3 Å². The molecule has 0 unspecified atom stereocenters. The maximum absolute atomic E-state index is 12.3. The summed E-state index contributed by atoms with van der Waals surface area (Å²) in [4.78, 5) is 23.5. The third-order valence-electron chi connectivity index (χ3n) is 5.19. The first-order valence-corrected chi connectivity index (χ1v) is 10.8. The average Bonchev–Trinajstić information content (AvgIpc) is 2.81. The minimum Gasteiger partial charge on any atom is -0.378 e. The molecule has 2 heterocycles. The Hall–Kier alpha value is -3.65. The number of nitrogens with one attached hydrogen (secondary N) is 3. The standard InChI is InChI=1S/C24H28N6O2/c1-3-18-4-6-20(7-5-18)28-24(31)29-21-10-8-19(9-11-21)27-22-16-23(26-17(2)25-22)30-12-14-32-15-13-30/h4-11,16H,3,12-15H2,1-2H3,(H,25,26,27)(H2,28,29,31). The van der Waals surface area contributed by atoms with Gasteiger partial charge in [-0.1, -0.05) is 19.1 Å². The molecule has 2 aromatic carbocycles. The summed E-state index contributed by atoms with van der Waals surface area (Å²) < 4.78 is 5.42. The zero-order chi connectivity index (χ0) is 22.3. The van der Waals surface area contributed by atoms with Crippen molar-refractivity contribution in [2.24, 2.45) is 0 Å². The molecular formula is C24H28N6O2. The van der Waals surface area contributed by atoms with Crippen LogP contribution in [0, 0.1) is 6.92 Å².